The summed E-state index contributed by atoms with van der Waals surface area (Å²) in [6.07, 6.45) is 14.2. The average molecular weight is 598 g/mol. The zero-order chi connectivity index (χ0) is 29.7. The summed E-state index contributed by atoms with van der Waals surface area (Å²) >= 11 is 0. The quantitative estimate of drug-likeness (QED) is 0.429. The van der Waals surface area contributed by atoms with Crippen LogP contribution in [0, 0.1) is 5.92 Å². The van der Waals surface area contributed by atoms with E-state index in [4.69, 9.17) is 0 Å². The molecule has 3 heterocycles. The van der Waals surface area contributed by atoms with Gasteiger partial charge < -0.3 is 0 Å². The third kappa shape index (κ3) is 5.73. The van der Waals surface area contributed by atoms with Crippen LogP contribution in [0.5, 0.6) is 0 Å². The van der Waals surface area contributed by atoms with Crippen LogP contribution in [-0.2, 0) is 30.2 Å². The van der Waals surface area contributed by atoms with Gasteiger partial charge in [-0.05, 0) is 50.8 Å². The number of nitrogens with one attached hydrogen (secondary N) is 2. The number of aromatic nitrogens is 4. The Labute approximate surface area is 246 Å². The van der Waals surface area contributed by atoms with Gasteiger partial charge in [0.25, 0.3) is 5.56 Å². The van der Waals surface area contributed by atoms with Gasteiger partial charge in [-0.15, -0.1) is 0 Å². The number of aryl methyl sites for hydroxylation is 1. The van der Waals surface area contributed by atoms with Crippen LogP contribution in [0.15, 0.2) is 45.1 Å². The molecule has 1 saturated heterocycles. The topological polar surface area (TPSA) is 123 Å². The lowest BCUT2D eigenvalue weighted by molar-refractivity contribution is 0.177. The van der Waals surface area contributed by atoms with Gasteiger partial charge >= 0.3 is 5.69 Å². The van der Waals surface area contributed by atoms with E-state index in [2.05, 4.69) is 20.3 Å². The Balaban J connectivity index is 1.46. The Morgan fingerprint density at radius 1 is 1.00 bits per heavy atom. The summed E-state index contributed by atoms with van der Waals surface area (Å²) in [5.41, 5.74) is 3.52. The van der Waals surface area contributed by atoms with Gasteiger partial charge in [0.2, 0.25) is 10.0 Å². The zero-order valence-corrected chi connectivity index (χ0v) is 25.8. The van der Waals surface area contributed by atoms with E-state index in [0.717, 1.165) is 50.6 Å². The van der Waals surface area contributed by atoms with Gasteiger partial charge in [-0.3, -0.25) is 18.6 Å². The van der Waals surface area contributed by atoms with Crippen molar-refractivity contribution in [2.24, 2.45) is 13.0 Å². The van der Waals surface area contributed by atoms with E-state index in [1.165, 1.54) is 42.4 Å². The predicted molar refractivity (Wildman–Crippen MR) is 162 cm³/mol. The Morgan fingerprint density at radius 3 is 2.33 bits per heavy atom. The molecular weight excluding hydrogens is 554 g/mol. The number of hydrogen-bond donors (Lipinski definition) is 2. The van der Waals surface area contributed by atoms with Crippen molar-refractivity contribution < 1.29 is 8.42 Å². The number of hydrogen-bond acceptors (Lipinski definition) is 7. The van der Waals surface area contributed by atoms with Gasteiger partial charge in [0.15, 0.2) is 0 Å². The first kappa shape index (κ1) is 29.3. The molecule has 1 aliphatic heterocycles. The van der Waals surface area contributed by atoms with Crippen LogP contribution in [-0.4, -0.2) is 57.0 Å². The van der Waals surface area contributed by atoms with E-state index in [1.807, 2.05) is 27.2 Å². The number of fused-ring (bicyclic) bond motifs is 1. The maximum atomic E-state index is 14.1. The molecule has 2 N–H and O–H groups in total. The highest BCUT2D eigenvalue weighted by Gasteiger charge is 2.45. The molecule has 0 bridgehead atoms. The molecule has 2 saturated carbocycles. The van der Waals surface area contributed by atoms with E-state index < -0.39 is 21.1 Å². The molecule has 228 valence electrons. The van der Waals surface area contributed by atoms with Gasteiger partial charge in [0.1, 0.15) is 0 Å². The zero-order valence-electron chi connectivity index (χ0n) is 24.9. The van der Waals surface area contributed by atoms with E-state index in [0.29, 0.717) is 5.52 Å². The second-order valence-electron chi connectivity index (χ2n) is 13.1. The molecule has 3 fully saturated rings. The number of nitrogens with zero attached hydrogens (tertiary/aromatic N) is 5. The minimum absolute atomic E-state index is 0.0355. The van der Waals surface area contributed by atoms with E-state index in [-0.39, 0.29) is 40.5 Å². The minimum Gasteiger partial charge on any atom is -0.289 e. The molecule has 3 aliphatic rings. The molecule has 1 aromatic carbocycles. The van der Waals surface area contributed by atoms with Crippen LogP contribution in [0.1, 0.15) is 76.7 Å². The lowest BCUT2D eigenvalue weighted by Crippen LogP contribution is -2.51. The van der Waals surface area contributed by atoms with Crippen molar-refractivity contribution in [3.8, 4) is 0 Å². The fourth-order valence-corrected chi connectivity index (χ4v) is 8.49. The maximum Gasteiger partial charge on any atom is 0.331 e. The van der Waals surface area contributed by atoms with Crippen molar-refractivity contribution >= 4 is 20.9 Å². The molecule has 3 aromatic rings. The van der Waals surface area contributed by atoms with Gasteiger partial charge in [-0.25, -0.2) is 28.4 Å². The summed E-state index contributed by atoms with van der Waals surface area (Å²) in [6.45, 7) is 3.10. The van der Waals surface area contributed by atoms with Crippen molar-refractivity contribution in [3.63, 3.8) is 0 Å². The normalized spacial score (nSPS) is 22.7. The molecule has 2 aromatic heterocycles. The average Bonchev–Trinajstić information content (AvgIpc) is 3.34. The fourth-order valence-electron chi connectivity index (χ4n) is 7.00. The number of rotatable bonds is 7. The molecule has 11 nitrogen and oxygen atoms in total. The summed E-state index contributed by atoms with van der Waals surface area (Å²) in [5, 5.41) is 6.59. The van der Waals surface area contributed by atoms with Gasteiger partial charge in [0, 0.05) is 55.9 Å². The number of sulfonamides is 1. The molecule has 42 heavy (non-hydrogen) atoms. The van der Waals surface area contributed by atoms with Crippen LogP contribution in [0.25, 0.3) is 10.9 Å². The largest absolute Gasteiger partial charge is 0.331 e. The standard InChI is InChI=1S/C30H43N7O4S/c1-29(14-15-29)33-42(40,41)24-10-11-26-25(16-24)27(38)37(28(39)36(26)19-22-17-31-34(2)18-22)21-23-20-35(3)32-30(23)12-8-6-4-5-7-9-13-30/h10-11,16-18,23,32-33H,4-9,12-15,19-21H2,1-3H3. The van der Waals surface area contributed by atoms with Crippen LogP contribution < -0.4 is 21.4 Å². The van der Waals surface area contributed by atoms with Gasteiger partial charge in [0.05, 0.1) is 28.5 Å². The Kier molecular flexibility index (Phi) is 7.70. The molecule has 0 radical (unpaired) electrons. The first-order chi connectivity index (χ1) is 20.0. The maximum absolute atomic E-state index is 14.1. The van der Waals surface area contributed by atoms with Crippen LogP contribution >= 0.6 is 0 Å². The predicted octanol–water partition coefficient (Wildman–Crippen LogP) is 2.72. The van der Waals surface area contributed by atoms with Crippen LogP contribution in [0.3, 0.4) is 0 Å². The van der Waals surface area contributed by atoms with Crippen molar-refractivity contribution in [3.05, 3.63) is 57.0 Å². The van der Waals surface area contributed by atoms with E-state index in [9.17, 15) is 18.0 Å². The smallest absolute Gasteiger partial charge is 0.289 e. The summed E-state index contributed by atoms with van der Waals surface area (Å²) in [4.78, 5) is 28.3. The minimum atomic E-state index is -3.83. The number of hydrazine groups is 1. The van der Waals surface area contributed by atoms with Crippen molar-refractivity contribution in [2.45, 2.75) is 100 Å². The molecule has 1 spiro atoms. The lowest BCUT2D eigenvalue weighted by Gasteiger charge is -2.35. The van der Waals surface area contributed by atoms with Crippen molar-refractivity contribution in [1.29, 1.82) is 0 Å². The van der Waals surface area contributed by atoms with E-state index in [1.54, 1.807) is 21.5 Å². The van der Waals surface area contributed by atoms with Gasteiger partial charge in [-0.2, -0.15) is 5.10 Å². The Hall–Kier alpha value is -2.80. The number of benzene rings is 1. The van der Waals surface area contributed by atoms with Crippen LogP contribution in [0.2, 0.25) is 0 Å². The molecule has 0 amide bonds. The second-order valence-corrected chi connectivity index (χ2v) is 14.8. The first-order valence-electron chi connectivity index (χ1n) is 15.3. The second kappa shape index (κ2) is 11.0. The SMILES string of the molecule is CN1CC(Cn2c(=O)c3cc(S(=O)(=O)NC4(C)CC4)ccc3n(Cc3cnn(C)c3)c2=O)C2(CCCCCCCC2)N1. The monoisotopic (exact) mass is 597 g/mol. The highest BCUT2D eigenvalue weighted by Crippen LogP contribution is 2.38. The molecule has 1 atom stereocenters. The van der Waals surface area contributed by atoms with Crippen LogP contribution in [0.4, 0.5) is 0 Å². The lowest BCUT2D eigenvalue weighted by atomic mass is 9.78. The van der Waals surface area contributed by atoms with Crippen molar-refractivity contribution in [1.82, 2.24) is 34.1 Å². The van der Waals surface area contributed by atoms with Gasteiger partial charge in [-0.1, -0.05) is 38.5 Å². The van der Waals surface area contributed by atoms with E-state index >= 15 is 0 Å². The van der Waals surface area contributed by atoms with Crippen molar-refractivity contribution in [2.75, 3.05) is 13.6 Å². The summed E-state index contributed by atoms with van der Waals surface area (Å²) in [7, 11) is 0.0125. The Morgan fingerprint density at radius 2 is 1.69 bits per heavy atom. The summed E-state index contributed by atoms with van der Waals surface area (Å²) in [5.74, 6) is 0.0543. The summed E-state index contributed by atoms with van der Waals surface area (Å²) in [6, 6.07) is 4.52. The first-order valence-corrected chi connectivity index (χ1v) is 16.7. The molecule has 6 rings (SSSR count). The molecular formula is C30H43N7O4S. The molecule has 12 heteroatoms. The Bertz CT molecular complexity index is 1690. The molecule has 2 aliphatic carbocycles. The third-order valence-corrected chi connectivity index (χ3v) is 11.2. The molecule has 1 unspecified atom stereocenters. The fraction of sp³-hybridized carbons (Fsp3) is 0.633. The summed E-state index contributed by atoms with van der Waals surface area (Å²) < 4.78 is 33.9. The highest BCUT2D eigenvalue weighted by atomic mass is 32.2. The highest BCUT2D eigenvalue weighted by molar-refractivity contribution is 7.89. The third-order valence-electron chi connectivity index (χ3n) is 9.57.